The molecule has 0 saturated heterocycles. The largest absolute Gasteiger partial charge is 0.493 e. The molecule has 0 amide bonds. The maximum Gasteiger partial charge on any atom is 0.128 e. The Bertz CT molecular complexity index is 560. The van der Waals surface area contributed by atoms with Gasteiger partial charge in [-0.2, -0.15) is 11.3 Å². The van der Waals surface area contributed by atoms with Gasteiger partial charge in [-0.25, -0.2) is 0 Å². The highest BCUT2D eigenvalue weighted by Crippen LogP contribution is 2.35. The highest BCUT2D eigenvalue weighted by molar-refractivity contribution is 7.07. The van der Waals surface area contributed by atoms with Crippen LogP contribution in [0.3, 0.4) is 0 Å². The molecule has 1 aliphatic rings. The third-order valence-corrected chi connectivity index (χ3v) is 3.75. The molecule has 0 radical (unpaired) electrons. The number of hydrogen-bond donors (Lipinski definition) is 0. The number of hydrogen-bond acceptors (Lipinski definition) is 3. The highest BCUT2D eigenvalue weighted by atomic mass is 32.1. The standard InChI is InChI=1S/C15H15NOS/c1-16-10-14(16)13-4-2-3-5-15(13)17-8-6-12-7-9-18-11-12/h2-5,7,9-11H,6,8H2,1H3. The average Bonchev–Trinajstić information content (AvgIpc) is 2.90. The fourth-order valence-corrected chi connectivity index (χ4v) is 2.64. The zero-order valence-corrected chi connectivity index (χ0v) is 11.1. The second kappa shape index (κ2) is 4.86. The molecular formula is C15H15NOS. The third kappa shape index (κ3) is 2.41. The SMILES string of the molecule is CN1C=C1c1ccccc1OCCc1ccsc1. The van der Waals surface area contributed by atoms with Gasteiger partial charge < -0.3 is 9.64 Å². The predicted octanol–water partition coefficient (Wildman–Crippen LogP) is 3.61. The van der Waals surface area contributed by atoms with Crippen LogP contribution in [0.1, 0.15) is 11.1 Å². The zero-order valence-electron chi connectivity index (χ0n) is 10.3. The molecule has 1 aliphatic heterocycles. The van der Waals surface area contributed by atoms with Crippen molar-refractivity contribution >= 4 is 17.0 Å². The van der Waals surface area contributed by atoms with E-state index in [0.717, 1.165) is 18.8 Å². The molecule has 92 valence electrons. The first-order valence-corrected chi connectivity index (χ1v) is 6.97. The Morgan fingerprint density at radius 3 is 2.78 bits per heavy atom. The predicted molar refractivity (Wildman–Crippen MR) is 75.7 cm³/mol. The molecule has 0 spiro atoms. The summed E-state index contributed by atoms with van der Waals surface area (Å²) in [4.78, 5) is 2.11. The van der Waals surface area contributed by atoms with Crippen LogP contribution in [0.25, 0.3) is 5.70 Å². The van der Waals surface area contributed by atoms with Crippen molar-refractivity contribution in [1.29, 1.82) is 0 Å². The smallest absolute Gasteiger partial charge is 0.128 e. The Morgan fingerprint density at radius 1 is 1.22 bits per heavy atom. The van der Waals surface area contributed by atoms with E-state index in [4.69, 9.17) is 4.74 Å². The molecule has 0 fully saturated rings. The average molecular weight is 257 g/mol. The summed E-state index contributed by atoms with van der Waals surface area (Å²) in [5.74, 6) is 0.975. The molecule has 0 saturated carbocycles. The summed E-state index contributed by atoms with van der Waals surface area (Å²) in [5, 5.41) is 4.28. The van der Waals surface area contributed by atoms with Crippen molar-refractivity contribution in [3.8, 4) is 5.75 Å². The minimum absolute atomic E-state index is 0.727. The monoisotopic (exact) mass is 257 g/mol. The Morgan fingerprint density at radius 2 is 2.06 bits per heavy atom. The van der Waals surface area contributed by atoms with Gasteiger partial charge in [-0.3, -0.25) is 0 Å². The molecule has 0 aliphatic carbocycles. The van der Waals surface area contributed by atoms with Crippen LogP contribution < -0.4 is 4.74 Å². The van der Waals surface area contributed by atoms with Gasteiger partial charge in [0.15, 0.2) is 0 Å². The minimum Gasteiger partial charge on any atom is -0.493 e. The van der Waals surface area contributed by atoms with Crippen molar-refractivity contribution in [3.05, 3.63) is 58.4 Å². The summed E-state index contributed by atoms with van der Waals surface area (Å²) < 4.78 is 5.90. The Kier molecular flexibility index (Phi) is 3.07. The van der Waals surface area contributed by atoms with Gasteiger partial charge in [-0.1, -0.05) is 12.1 Å². The van der Waals surface area contributed by atoms with Crippen molar-refractivity contribution in [1.82, 2.24) is 4.90 Å². The fourth-order valence-electron chi connectivity index (χ4n) is 1.93. The number of rotatable bonds is 5. The molecule has 1 aromatic heterocycles. The summed E-state index contributed by atoms with van der Waals surface area (Å²) in [7, 11) is 2.05. The normalized spacial score (nSPS) is 13.4. The Hall–Kier alpha value is -1.74. The van der Waals surface area contributed by atoms with Crippen molar-refractivity contribution < 1.29 is 4.74 Å². The molecule has 2 nitrogen and oxygen atoms in total. The van der Waals surface area contributed by atoms with Gasteiger partial charge >= 0.3 is 0 Å². The van der Waals surface area contributed by atoms with E-state index in [1.54, 1.807) is 11.3 Å². The van der Waals surface area contributed by atoms with Crippen LogP contribution in [0.4, 0.5) is 0 Å². The summed E-state index contributed by atoms with van der Waals surface area (Å²) in [6.07, 6.45) is 3.08. The van der Waals surface area contributed by atoms with E-state index in [1.807, 2.05) is 18.2 Å². The lowest BCUT2D eigenvalue weighted by Gasteiger charge is -2.09. The number of thiophene rings is 1. The van der Waals surface area contributed by atoms with E-state index in [1.165, 1.54) is 16.8 Å². The first-order valence-electron chi connectivity index (χ1n) is 6.02. The van der Waals surface area contributed by atoms with E-state index < -0.39 is 0 Å². The fraction of sp³-hybridized carbons (Fsp3) is 0.200. The van der Waals surface area contributed by atoms with Crippen LogP contribution in [0.2, 0.25) is 0 Å². The molecule has 0 bridgehead atoms. The molecule has 18 heavy (non-hydrogen) atoms. The Labute approximate surface area is 111 Å². The maximum absolute atomic E-state index is 5.90. The van der Waals surface area contributed by atoms with E-state index in [0.29, 0.717) is 0 Å². The van der Waals surface area contributed by atoms with Gasteiger partial charge in [0.25, 0.3) is 0 Å². The number of nitrogens with zero attached hydrogens (tertiary/aromatic N) is 1. The summed E-state index contributed by atoms with van der Waals surface area (Å²) in [6, 6.07) is 10.4. The van der Waals surface area contributed by atoms with Crippen LogP contribution in [0.15, 0.2) is 47.3 Å². The van der Waals surface area contributed by atoms with Gasteiger partial charge in [0.05, 0.1) is 12.3 Å². The van der Waals surface area contributed by atoms with E-state index in [9.17, 15) is 0 Å². The molecule has 0 N–H and O–H groups in total. The second-order valence-electron chi connectivity index (χ2n) is 4.35. The topological polar surface area (TPSA) is 12.2 Å². The molecule has 1 aromatic carbocycles. The molecule has 2 aromatic rings. The maximum atomic E-state index is 5.90. The van der Waals surface area contributed by atoms with Crippen LogP contribution in [0, 0.1) is 0 Å². The van der Waals surface area contributed by atoms with Crippen LogP contribution >= 0.6 is 11.3 Å². The van der Waals surface area contributed by atoms with Crippen molar-refractivity contribution in [3.63, 3.8) is 0 Å². The molecular weight excluding hydrogens is 242 g/mol. The number of ether oxygens (including phenoxy) is 1. The zero-order chi connectivity index (χ0) is 12.4. The van der Waals surface area contributed by atoms with Gasteiger partial charge in [0.2, 0.25) is 0 Å². The van der Waals surface area contributed by atoms with E-state index >= 15 is 0 Å². The van der Waals surface area contributed by atoms with Gasteiger partial charge in [-0.05, 0) is 34.5 Å². The van der Waals surface area contributed by atoms with Crippen molar-refractivity contribution in [2.24, 2.45) is 0 Å². The summed E-state index contributed by atoms with van der Waals surface area (Å²) >= 11 is 1.73. The first kappa shape index (κ1) is 11.4. The number of para-hydroxylation sites is 1. The summed E-state index contributed by atoms with van der Waals surface area (Å²) in [6.45, 7) is 0.727. The highest BCUT2D eigenvalue weighted by Gasteiger charge is 2.20. The molecule has 2 heterocycles. The van der Waals surface area contributed by atoms with E-state index in [-0.39, 0.29) is 0 Å². The lowest BCUT2D eigenvalue weighted by atomic mass is 10.2. The first-order chi connectivity index (χ1) is 8.84. The van der Waals surface area contributed by atoms with Crippen molar-refractivity contribution in [2.45, 2.75) is 6.42 Å². The quantitative estimate of drug-likeness (QED) is 0.811. The van der Waals surface area contributed by atoms with Gasteiger partial charge in [0, 0.05) is 25.2 Å². The lowest BCUT2D eigenvalue weighted by Crippen LogP contribution is -2.02. The van der Waals surface area contributed by atoms with Crippen LogP contribution in [-0.2, 0) is 6.42 Å². The molecule has 3 heteroatoms. The van der Waals surface area contributed by atoms with Crippen molar-refractivity contribution in [2.75, 3.05) is 13.7 Å². The van der Waals surface area contributed by atoms with Gasteiger partial charge in [0.1, 0.15) is 5.75 Å². The molecule has 3 rings (SSSR count). The minimum atomic E-state index is 0.727. The molecule has 0 atom stereocenters. The van der Waals surface area contributed by atoms with E-state index in [2.05, 4.69) is 41.0 Å². The van der Waals surface area contributed by atoms with Gasteiger partial charge in [-0.15, -0.1) is 0 Å². The van der Waals surface area contributed by atoms with Crippen LogP contribution in [-0.4, -0.2) is 18.6 Å². The second-order valence-corrected chi connectivity index (χ2v) is 5.13. The lowest BCUT2D eigenvalue weighted by molar-refractivity contribution is 0.321. The van der Waals surface area contributed by atoms with Crippen LogP contribution in [0.5, 0.6) is 5.75 Å². The third-order valence-electron chi connectivity index (χ3n) is 3.02. The Balaban J connectivity index is 1.64. The molecule has 0 unspecified atom stereocenters. The number of benzene rings is 1. The summed E-state index contributed by atoms with van der Waals surface area (Å²) in [5.41, 5.74) is 3.78.